The number of alkyl halides is 6. The average Bonchev–Trinajstić information content (AvgIpc) is 3.61. The van der Waals surface area contributed by atoms with Gasteiger partial charge in [-0.2, -0.15) is 36.6 Å². The van der Waals surface area contributed by atoms with E-state index in [4.69, 9.17) is 36.7 Å². The van der Waals surface area contributed by atoms with Gasteiger partial charge in [0, 0.05) is 42.8 Å². The summed E-state index contributed by atoms with van der Waals surface area (Å²) in [5.74, 6) is -4.73. The van der Waals surface area contributed by atoms with Crippen molar-refractivity contribution in [2.24, 2.45) is 5.92 Å². The van der Waals surface area contributed by atoms with Crippen molar-refractivity contribution in [2.75, 3.05) is 34.4 Å². The van der Waals surface area contributed by atoms with Gasteiger partial charge in [0.05, 0.1) is 29.7 Å². The monoisotopic (exact) mass is 821 g/mol. The fourth-order valence-corrected chi connectivity index (χ4v) is 5.41. The molecule has 2 aliphatic heterocycles. The smallest absolute Gasteiger partial charge is 0.475 e. The predicted octanol–water partition coefficient (Wildman–Crippen LogP) is 7.13. The third kappa shape index (κ3) is 13.2. The second-order valence-electron chi connectivity index (χ2n) is 12.2. The number of likely N-dealkylation sites (tertiary alicyclic amines) is 1. The minimum Gasteiger partial charge on any atom is -0.475 e. The third-order valence-electron chi connectivity index (χ3n) is 7.90. The van der Waals surface area contributed by atoms with Crippen molar-refractivity contribution in [3.8, 4) is 6.07 Å². The van der Waals surface area contributed by atoms with Gasteiger partial charge in [-0.25, -0.2) is 19.4 Å². The molecule has 2 aromatic heterocycles. The summed E-state index contributed by atoms with van der Waals surface area (Å²) in [5.41, 5.74) is 5.29. The Morgan fingerprint density at radius 2 is 1.61 bits per heavy atom. The summed E-state index contributed by atoms with van der Waals surface area (Å²) >= 11 is 6.37. The van der Waals surface area contributed by atoms with Crippen molar-refractivity contribution in [2.45, 2.75) is 38.0 Å². The molecule has 4 heterocycles. The molecule has 2 aliphatic rings. The maximum atomic E-state index is 13.2. The Kier molecular flexibility index (Phi) is 14.2. The molecule has 0 aliphatic carbocycles. The number of nitrogens with one attached hydrogen (secondary N) is 4. The minimum atomic E-state index is -5.08. The molecule has 300 valence electrons. The van der Waals surface area contributed by atoms with E-state index in [1.54, 1.807) is 35.4 Å². The highest BCUT2D eigenvalue weighted by Crippen LogP contribution is 2.30. The van der Waals surface area contributed by atoms with Gasteiger partial charge in [-0.1, -0.05) is 17.7 Å². The molecule has 0 spiro atoms. The molecule has 0 saturated carbocycles. The zero-order valence-corrected chi connectivity index (χ0v) is 29.8. The van der Waals surface area contributed by atoms with Gasteiger partial charge in [-0.15, -0.1) is 0 Å². The van der Waals surface area contributed by atoms with Crippen molar-refractivity contribution in [3.63, 3.8) is 0 Å². The first-order chi connectivity index (χ1) is 26.8. The van der Waals surface area contributed by atoms with Gasteiger partial charge >= 0.3 is 30.3 Å². The molecule has 3 amide bonds. The molecule has 6 rings (SSSR count). The van der Waals surface area contributed by atoms with Gasteiger partial charge < -0.3 is 36.4 Å². The van der Waals surface area contributed by atoms with Gasteiger partial charge in [0.2, 0.25) is 11.9 Å². The molecule has 4 aromatic rings. The number of hydrogen-bond acceptors (Lipinski definition) is 10. The number of nitriles is 1. The molecule has 6 bridgehead atoms. The molecular weight excluding hydrogens is 792 g/mol. The third-order valence-corrected chi connectivity index (χ3v) is 8.17. The topological polar surface area (TPSA) is 223 Å². The standard InChI is InChI=1S/C31H28ClN9O2.2C2HF3O2/c32-26-17-35-30-37-25-11-20(15-34-16-25)4-5-22-13-24(36-29(26)40-30)6-7-27(22)39-28(42)12-21-8-9-41(18-21)31(43)38-23-3-1-2-19(10-23)14-33;2*3-2(4,5)1(6)7/h1-3,6-7,10-11,13,15-17,21H,4-5,8-9,12,18H2,(H,38,43)(H,39,42)(H2,35,36,37,40);2*(H,6,7)/t21-;;/m1../s1. The molecule has 1 fully saturated rings. The van der Waals surface area contributed by atoms with Crippen LogP contribution in [0.5, 0.6) is 0 Å². The van der Waals surface area contributed by atoms with Crippen LogP contribution in [0.2, 0.25) is 5.02 Å². The van der Waals surface area contributed by atoms with Crippen LogP contribution in [0.25, 0.3) is 0 Å². The lowest BCUT2D eigenvalue weighted by molar-refractivity contribution is -0.193. The second-order valence-corrected chi connectivity index (χ2v) is 12.6. The first-order valence-corrected chi connectivity index (χ1v) is 16.8. The Bertz CT molecular complexity index is 2140. The number of carbonyl (C=O) groups is 4. The number of amides is 3. The second kappa shape index (κ2) is 18.8. The number of pyridine rings is 1. The van der Waals surface area contributed by atoms with E-state index in [2.05, 4.69) is 42.3 Å². The maximum Gasteiger partial charge on any atom is 0.490 e. The number of carboxylic acid groups (broad SMARTS) is 2. The fourth-order valence-electron chi connectivity index (χ4n) is 5.27. The van der Waals surface area contributed by atoms with Crippen LogP contribution in [0.4, 0.5) is 65.7 Å². The van der Waals surface area contributed by atoms with Crippen LogP contribution in [-0.4, -0.2) is 79.4 Å². The van der Waals surface area contributed by atoms with Crippen LogP contribution in [0.3, 0.4) is 0 Å². The number of aliphatic carboxylic acids is 2. The Hall–Kier alpha value is -6.69. The number of hydrogen-bond donors (Lipinski definition) is 6. The highest BCUT2D eigenvalue weighted by atomic mass is 35.5. The van der Waals surface area contributed by atoms with E-state index < -0.39 is 24.3 Å². The lowest BCUT2D eigenvalue weighted by Gasteiger charge is -2.18. The van der Waals surface area contributed by atoms with Crippen LogP contribution >= 0.6 is 11.6 Å². The number of urea groups is 1. The van der Waals surface area contributed by atoms with Crippen molar-refractivity contribution < 1.29 is 55.7 Å². The number of nitrogens with zero attached hydrogens (tertiary/aromatic N) is 5. The van der Waals surface area contributed by atoms with E-state index in [9.17, 15) is 35.9 Å². The van der Waals surface area contributed by atoms with Crippen molar-refractivity contribution in [3.05, 3.63) is 88.8 Å². The number of aryl methyl sites for hydroxylation is 2. The number of fused-ring (bicyclic) bond motifs is 6. The molecule has 1 saturated heterocycles. The SMILES string of the molecule is N#Cc1cccc(NC(=O)N2CC[C@H](CC(=O)Nc3ccc4cc3CCc3cncc(c3)Nc3ncc(Cl)c(n3)N4)C2)c1.O=C(O)C(F)(F)F.O=C(O)C(F)(F)F. The largest absolute Gasteiger partial charge is 0.490 e. The minimum absolute atomic E-state index is 0.0395. The zero-order chi connectivity index (χ0) is 41.9. The van der Waals surface area contributed by atoms with E-state index >= 15 is 0 Å². The molecule has 15 nitrogen and oxygen atoms in total. The lowest BCUT2D eigenvalue weighted by atomic mass is 10.0. The molecule has 0 unspecified atom stereocenters. The molecule has 6 N–H and O–H groups in total. The Morgan fingerprint density at radius 3 is 2.28 bits per heavy atom. The first-order valence-electron chi connectivity index (χ1n) is 16.4. The van der Waals surface area contributed by atoms with Crippen LogP contribution < -0.4 is 21.3 Å². The summed E-state index contributed by atoms with van der Waals surface area (Å²) in [6.45, 7) is 1.04. The van der Waals surface area contributed by atoms with Crippen molar-refractivity contribution in [1.29, 1.82) is 5.26 Å². The normalized spacial score (nSPS) is 14.4. The fraction of sp³-hybridized carbons (Fsp3) is 0.257. The van der Waals surface area contributed by atoms with Gasteiger partial charge in [-0.05, 0) is 78.8 Å². The number of anilines is 6. The summed E-state index contributed by atoms with van der Waals surface area (Å²) < 4.78 is 63.5. The van der Waals surface area contributed by atoms with E-state index in [-0.39, 0.29) is 17.9 Å². The average molecular weight is 822 g/mol. The Morgan fingerprint density at radius 1 is 0.912 bits per heavy atom. The van der Waals surface area contributed by atoms with E-state index in [1.165, 1.54) is 6.20 Å². The van der Waals surface area contributed by atoms with Gasteiger partial charge in [0.25, 0.3) is 0 Å². The lowest BCUT2D eigenvalue weighted by Crippen LogP contribution is -2.33. The summed E-state index contributed by atoms with van der Waals surface area (Å²) in [4.78, 5) is 58.6. The molecule has 22 heteroatoms. The Balaban J connectivity index is 0.000000440. The highest BCUT2D eigenvalue weighted by Gasteiger charge is 2.39. The van der Waals surface area contributed by atoms with Gasteiger partial charge in [0.15, 0.2) is 5.82 Å². The summed E-state index contributed by atoms with van der Waals surface area (Å²) in [6.07, 6.45) is -2.71. The highest BCUT2D eigenvalue weighted by molar-refractivity contribution is 6.32. The number of aromatic nitrogens is 3. The van der Waals surface area contributed by atoms with Crippen LogP contribution in [0.15, 0.2) is 67.1 Å². The quantitative estimate of drug-likeness (QED) is 0.113. The van der Waals surface area contributed by atoms with Gasteiger partial charge in [0.1, 0.15) is 5.02 Å². The predicted molar refractivity (Wildman–Crippen MR) is 192 cm³/mol. The van der Waals surface area contributed by atoms with Crippen molar-refractivity contribution >= 4 is 70.0 Å². The maximum absolute atomic E-state index is 13.2. The molecular formula is C35H30ClF6N9O6. The zero-order valence-electron chi connectivity index (χ0n) is 29.1. The number of carbonyl (C=O) groups excluding carboxylic acids is 2. The summed E-state index contributed by atoms with van der Waals surface area (Å²) in [5, 5.41) is 36.1. The Labute approximate surface area is 323 Å². The number of benzene rings is 2. The number of rotatable bonds is 4. The van der Waals surface area contributed by atoms with Gasteiger partial charge in [-0.3, -0.25) is 9.78 Å². The summed E-state index contributed by atoms with van der Waals surface area (Å²) in [6, 6.07) is 16.4. The van der Waals surface area contributed by atoms with Crippen LogP contribution in [0.1, 0.15) is 29.5 Å². The van der Waals surface area contributed by atoms with Crippen LogP contribution in [-0.2, 0) is 27.2 Å². The van der Waals surface area contributed by atoms with E-state index in [0.29, 0.717) is 60.4 Å². The molecule has 1 atom stereocenters. The molecule has 2 aromatic carbocycles. The van der Waals surface area contributed by atoms with Crippen LogP contribution in [0, 0.1) is 17.2 Å². The van der Waals surface area contributed by atoms with E-state index in [1.807, 2.05) is 30.5 Å². The molecule has 0 radical (unpaired) electrons. The van der Waals surface area contributed by atoms with Crippen molar-refractivity contribution in [1.82, 2.24) is 19.9 Å². The number of carboxylic acids is 2. The summed E-state index contributed by atoms with van der Waals surface area (Å²) in [7, 11) is 0. The first kappa shape index (κ1) is 43.0. The van der Waals surface area contributed by atoms with E-state index in [0.717, 1.165) is 34.6 Å². The molecule has 57 heavy (non-hydrogen) atoms. The number of halogens is 7.